The Balaban J connectivity index is 2.35. The zero-order valence-electron chi connectivity index (χ0n) is 18.7. The summed E-state index contributed by atoms with van der Waals surface area (Å²) in [5.41, 5.74) is -7.26. The topological polar surface area (TPSA) is 72.5 Å². The van der Waals surface area contributed by atoms with E-state index in [-0.39, 0.29) is 34.5 Å². The molecule has 35 heavy (non-hydrogen) atoms. The standard InChI is InChI=1S/C23H20F7NO4/c1-4-35-20(34)19(33)31-16-7-5-6-14(10-16)18(32)11-17-12(2)8-15(9-13(17)3)21(24,22(25,26)27)23(28,29)30/h5-10H,4,11H2,1-3H3,(H,31,33). The SMILES string of the molecule is CCOC(=O)C(=O)Nc1cccc(C(=O)Cc2c(C)cc(C(F)(C(F)(F)F)C(F)(F)F)cc2C)c1. The van der Waals surface area contributed by atoms with Gasteiger partial charge in [0.15, 0.2) is 5.78 Å². The third-order valence-electron chi connectivity index (χ3n) is 5.12. The Hall–Kier alpha value is -3.44. The van der Waals surface area contributed by atoms with Crippen LogP contribution in [0.2, 0.25) is 0 Å². The summed E-state index contributed by atoms with van der Waals surface area (Å²) >= 11 is 0. The summed E-state index contributed by atoms with van der Waals surface area (Å²) in [5, 5.41) is 2.24. The first-order valence-corrected chi connectivity index (χ1v) is 10.1. The van der Waals surface area contributed by atoms with Gasteiger partial charge in [-0.1, -0.05) is 24.3 Å². The smallest absolute Gasteiger partial charge is 0.435 e. The fourth-order valence-corrected chi connectivity index (χ4v) is 3.37. The van der Waals surface area contributed by atoms with Gasteiger partial charge in [-0.2, -0.15) is 26.3 Å². The van der Waals surface area contributed by atoms with Gasteiger partial charge >= 0.3 is 29.9 Å². The summed E-state index contributed by atoms with van der Waals surface area (Å²) in [7, 11) is 0. The largest absolute Gasteiger partial charge is 0.459 e. The Bertz CT molecular complexity index is 1100. The molecule has 0 aliphatic rings. The van der Waals surface area contributed by atoms with Crippen molar-refractivity contribution in [3.63, 3.8) is 0 Å². The third kappa shape index (κ3) is 5.80. The van der Waals surface area contributed by atoms with Crippen LogP contribution in [-0.2, 0) is 26.4 Å². The molecule has 0 fully saturated rings. The van der Waals surface area contributed by atoms with E-state index in [4.69, 9.17) is 0 Å². The summed E-state index contributed by atoms with van der Waals surface area (Å²) in [4.78, 5) is 35.9. The van der Waals surface area contributed by atoms with Gasteiger partial charge in [0.1, 0.15) is 0 Å². The molecular formula is C23H20F7NO4. The number of benzene rings is 2. The molecule has 0 atom stereocenters. The van der Waals surface area contributed by atoms with Crippen LogP contribution in [0.25, 0.3) is 0 Å². The van der Waals surface area contributed by atoms with Crippen molar-refractivity contribution in [3.8, 4) is 0 Å². The molecule has 0 aromatic heterocycles. The number of amides is 1. The van der Waals surface area contributed by atoms with Crippen LogP contribution >= 0.6 is 0 Å². The number of hydrogen-bond donors (Lipinski definition) is 1. The van der Waals surface area contributed by atoms with E-state index in [0.717, 1.165) is 0 Å². The number of halogens is 7. The number of carbonyl (C=O) groups excluding carboxylic acids is 3. The lowest BCUT2D eigenvalue weighted by molar-refractivity contribution is -0.348. The molecule has 0 aliphatic carbocycles. The Morgan fingerprint density at radius 3 is 1.91 bits per heavy atom. The predicted octanol–water partition coefficient (Wildman–Crippen LogP) is 5.52. The zero-order chi connectivity index (χ0) is 26.8. The number of hydrogen-bond acceptors (Lipinski definition) is 4. The molecule has 0 bridgehead atoms. The molecule has 190 valence electrons. The van der Waals surface area contributed by atoms with Gasteiger partial charge in [-0.05, 0) is 49.6 Å². The van der Waals surface area contributed by atoms with Crippen molar-refractivity contribution in [2.75, 3.05) is 11.9 Å². The first kappa shape index (κ1) is 27.8. The summed E-state index contributed by atoms with van der Waals surface area (Å²) in [5.74, 6) is -2.81. The number of carbonyl (C=O) groups is 3. The zero-order valence-corrected chi connectivity index (χ0v) is 18.7. The third-order valence-corrected chi connectivity index (χ3v) is 5.12. The molecule has 2 aromatic rings. The number of ketones is 1. The fourth-order valence-electron chi connectivity index (χ4n) is 3.37. The molecule has 0 aliphatic heterocycles. The number of anilines is 1. The minimum Gasteiger partial charge on any atom is -0.459 e. The van der Waals surface area contributed by atoms with Crippen LogP contribution in [0.3, 0.4) is 0 Å². The maximum atomic E-state index is 14.4. The van der Waals surface area contributed by atoms with Gasteiger partial charge in [-0.15, -0.1) is 0 Å². The Morgan fingerprint density at radius 1 is 0.886 bits per heavy atom. The van der Waals surface area contributed by atoms with Crippen molar-refractivity contribution in [3.05, 3.63) is 64.2 Å². The predicted molar refractivity (Wildman–Crippen MR) is 111 cm³/mol. The van der Waals surface area contributed by atoms with E-state index in [9.17, 15) is 45.1 Å². The van der Waals surface area contributed by atoms with Gasteiger partial charge in [0.25, 0.3) is 0 Å². The van der Waals surface area contributed by atoms with Crippen LogP contribution in [0.15, 0.2) is 36.4 Å². The van der Waals surface area contributed by atoms with E-state index in [2.05, 4.69) is 10.1 Å². The molecule has 0 heterocycles. The van der Waals surface area contributed by atoms with Crippen molar-refractivity contribution < 1.29 is 49.9 Å². The maximum absolute atomic E-state index is 14.4. The number of nitrogens with one attached hydrogen (secondary N) is 1. The fraction of sp³-hybridized carbons (Fsp3) is 0.348. The lowest BCUT2D eigenvalue weighted by atomic mass is 9.87. The number of esters is 1. The highest BCUT2D eigenvalue weighted by Gasteiger charge is 2.73. The molecule has 0 spiro atoms. The van der Waals surface area contributed by atoms with Crippen molar-refractivity contribution >= 4 is 23.3 Å². The average Bonchev–Trinajstić information content (AvgIpc) is 2.74. The summed E-state index contributed by atoms with van der Waals surface area (Å²) in [6, 6.07) is 6.22. The van der Waals surface area contributed by atoms with Crippen LogP contribution in [0.5, 0.6) is 0 Å². The van der Waals surface area contributed by atoms with E-state index < -0.39 is 47.7 Å². The van der Waals surface area contributed by atoms with Crippen LogP contribution in [-0.4, -0.2) is 36.6 Å². The molecule has 5 nitrogen and oxygen atoms in total. The first-order chi connectivity index (χ1) is 16.0. The maximum Gasteiger partial charge on any atom is 0.435 e. The molecule has 2 aromatic carbocycles. The highest BCUT2D eigenvalue weighted by atomic mass is 19.4. The summed E-state index contributed by atoms with van der Waals surface area (Å²) in [6.07, 6.45) is -12.9. The number of rotatable bonds is 6. The van der Waals surface area contributed by atoms with Crippen LogP contribution in [0.1, 0.15) is 39.5 Å². The summed E-state index contributed by atoms with van der Waals surface area (Å²) < 4.78 is 97.5. The quantitative estimate of drug-likeness (QED) is 0.242. The van der Waals surface area contributed by atoms with E-state index in [0.29, 0.717) is 12.1 Å². The second-order valence-corrected chi connectivity index (χ2v) is 7.60. The highest BCUT2D eigenvalue weighted by molar-refractivity contribution is 6.37. The number of aryl methyl sites for hydroxylation is 2. The van der Waals surface area contributed by atoms with Gasteiger partial charge in [0.05, 0.1) is 6.61 Å². The van der Waals surface area contributed by atoms with Crippen LogP contribution in [0, 0.1) is 13.8 Å². The lowest BCUT2D eigenvalue weighted by Gasteiger charge is -2.31. The van der Waals surface area contributed by atoms with Crippen molar-refractivity contribution in [1.82, 2.24) is 0 Å². The number of alkyl halides is 7. The molecule has 2 rings (SSSR count). The van der Waals surface area contributed by atoms with Crippen molar-refractivity contribution in [2.45, 2.75) is 45.2 Å². The van der Waals surface area contributed by atoms with E-state index in [1.807, 2.05) is 0 Å². The average molecular weight is 507 g/mol. The second-order valence-electron chi connectivity index (χ2n) is 7.60. The Kier molecular flexibility index (Phi) is 7.98. The molecule has 1 amide bonds. The number of ether oxygens (including phenoxy) is 1. The second kappa shape index (κ2) is 10.0. The minimum atomic E-state index is -6.25. The summed E-state index contributed by atoms with van der Waals surface area (Å²) in [6.45, 7) is 3.81. The van der Waals surface area contributed by atoms with Gasteiger partial charge < -0.3 is 10.1 Å². The van der Waals surface area contributed by atoms with E-state index in [1.165, 1.54) is 45.0 Å². The lowest BCUT2D eigenvalue weighted by Crippen LogP contribution is -2.50. The van der Waals surface area contributed by atoms with Gasteiger partial charge in [0.2, 0.25) is 0 Å². The van der Waals surface area contributed by atoms with Gasteiger partial charge in [-0.3, -0.25) is 9.59 Å². The molecule has 0 saturated heterocycles. The van der Waals surface area contributed by atoms with Crippen LogP contribution in [0.4, 0.5) is 36.4 Å². The Labute approximate surface area is 195 Å². The van der Waals surface area contributed by atoms with E-state index >= 15 is 0 Å². The van der Waals surface area contributed by atoms with Crippen LogP contribution < -0.4 is 5.32 Å². The molecule has 0 radical (unpaired) electrons. The molecule has 1 N–H and O–H groups in total. The first-order valence-electron chi connectivity index (χ1n) is 10.1. The monoisotopic (exact) mass is 507 g/mol. The number of Topliss-reactive ketones (excluding diaryl/α,β-unsaturated/α-hetero) is 1. The molecule has 0 saturated carbocycles. The Morgan fingerprint density at radius 2 is 1.43 bits per heavy atom. The van der Waals surface area contributed by atoms with Gasteiger partial charge in [0, 0.05) is 23.2 Å². The van der Waals surface area contributed by atoms with Gasteiger partial charge in [-0.25, -0.2) is 9.18 Å². The molecule has 12 heteroatoms. The van der Waals surface area contributed by atoms with Crippen molar-refractivity contribution in [1.29, 1.82) is 0 Å². The highest BCUT2D eigenvalue weighted by Crippen LogP contribution is 2.53. The molecular weight excluding hydrogens is 487 g/mol. The van der Waals surface area contributed by atoms with Crippen molar-refractivity contribution in [2.24, 2.45) is 0 Å². The van der Waals surface area contributed by atoms with E-state index in [1.54, 1.807) is 0 Å². The molecule has 0 unspecified atom stereocenters. The normalized spacial score (nSPS) is 12.3. The minimum absolute atomic E-state index is 0.0300.